The Labute approximate surface area is 137 Å². The molecule has 1 amide bonds. The standard InChI is InChI=1S/C19H21N3O/c1-3-15-8-6-9-16(4-2)19(15)21-13-18(23)22-17-10-5-7-14(11-17)12-20/h5-11,21H,3-4,13H2,1-2H3,(H,22,23). The molecule has 4 heteroatoms. The summed E-state index contributed by atoms with van der Waals surface area (Å²) in [4.78, 5) is 12.1. The first-order valence-electron chi connectivity index (χ1n) is 7.82. The van der Waals surface area contributed by atoms with Gasteiger partial charge in [0.1, 0.15) is 0 Å². The van der Waals surface area contributed by atoms with Gasteiger partial charge in [-0.2, -0.15) is 5.26 Å². The van der Waals surface area contributed by atoms with Gasteiger partial charge in [-0.05, 0) is 42.2 Å². The van der Waals surface area contributed by atoms with E-state index >= 15 is 0 Å². The fourth-order valence-corrected chi connectivity index (χ4v) is 2.51. The number of nitriles is 1. The van der Waals surface area contributed by atoms with Crippen molar-refractivity contribution in [3.8, 4) is 6.07 Å². The number of carbonyl (C=O) groups is 1. The Bertz CT molecular complexity index is 709. The lowest BCUT2D eigenvalue weighted by Crippen LogP contribution is -2.22. The molecule has 0 aliphatic carbocycles. The van der Waals surface area contributed by atoms with Crippen molar-refractivity contribution < 1.29 is 4.79 Å². The zero-order valence-electron chi connectivity index (χ0n) is 13.5. The Hall–Kier alpha value is -2.80. The molecule has 0 aliphatic heterocycles. The first-order valence-corrected chi connectivity index (χ1v) is 7.82. The van der Waals surface area contributed by atoms with Gasteiger partial charge >= 0.3 is 0 Å². The third kappa shape index (κ3) is 4.33. The second-order valence-corrected chi connectivity index (χ2v) is 5.25. The van der Waals surface area contributed by atoms with E-state index in [0.717, 1.165) is 18.5 Å². The van der Waals surface area contributed by atoms with Crippen molar-refractivity contribution >= 4 is 17.3 Å². The minimum atomic E-state index is -0.131. The normalized spacial score (nSPS) is 9.96. The molecule has 0 saturated heterocycles. The fraction of sp³-hybridized carbons (Fsp3) is 0.263. The van der Waals surface area contributed by atoms with Crippen molar-refractivity contribution in [3.63, 3.8) is 0 Å². The monoisotopic (exact) mass is 307 g/mol. The largest absolute Gasteiger partial charge is 0.376 e. The van der Waals surface area contributed by atoms with Crippen molar-refractivity contribution in [2.45, 2.75) is 26.7 Å². The third-order valence-corrected chi connectivity index (χ3v) is 3.70. The molecule has 0 aromatic heterocycles. The van der Waals surface area contributed by atoms with E-state index in [1.54, 1.807) is 24.3 Å². The van der Waals surface area contributed by atoms with Crippen molar-refractivity contribution in [3.05, 3.63) is 59.2 Å². The topological polar surface area (TPSA) is 64.9 Å². The zero-order chi connectivity index (χ0) is 16.7. The maximum atomic E-state index is 12.1. The van der Waals surface area contributed by atoms with Gasteiger partial charge < -0.3 is 10.6 Å². The number of anilines is 2. The molecule has 23 heavy (non-hydrogen) atoms. The minimum absolute atomic E-state index is 0.131. The van der Waals surface area contributed by atoms with Gasteiger partial charge in [-0.15, -0.1) is 0 Å². The summed E-state index contributed by atoms with van der Waals surface area (Å²) >= 11 is 0. The number of para-hydroxylation sites is 1. The first-order chi connectivity index (χ1) is 11.2. The van der Waals surface area contributed by atoms with Crippen molar-refractivity contribution in [2.75, 3.05) is 17.2 Å². The molecule has 118 valence electrons. The maximum Gasteiger partial charge on any atom is 0.243 e. The van der Waals surface area contributed by atoms with E-state index in [-0.39, 0.29) is 12.5 Å². The second kappa shape index (κ2) is 8.00. The van der Waals surface area contributed by atoms with Crippen LogP contribution < -0.4 is 10.6 Å². The summed E-state index contributed by atoms with van der Waals surface area (Å²) in [5.74, 6) is -0.131. The van der Waals surface area contributed by atoms with E-state index in [0.29, 0.717) is 11.3 Å². The summed E-state index contributed by atoms with van der Waals surface area (Å²) in [5.41, 5.74) is 4.64. The molecular weight excluding hydrogens is 286 g/mol. The highest BCUT2D eigenvalue weighted by Crippen LogP contribution is 2.22. The van der Waals surface area contributed by atoms with Crippen LogP contribution in [0.5, 0.6) is 0 Å². The number of benzene rings is 2. The molecule has 0 aliphatic rings. The molecule has 2 N–H and O–H groups in total. The Morgan fingerprint density at radius 1 is 1.09 bits per heavy atom. The SMILES string of the molecule is CCc1cccc(CC)c1NCC(=O)Nc1cccc(C#N)c1. The molecule has 4 nitrogen and oxygen atoms in total. The Morgan fingerprint density at radius 2 is 1.74 bits per heavy atom. The molecule has 2 aromatic carbocycles. The van der Waals surface area contributed by atoms with Crippen LogP contribution in [0, 0.1) is 11.3 Å². The molecule has 2 rings (SSSR count). The van der Waals surface area contributed by atoms with Gasteiger partial charge in [-0.25, -0.2) is 0 Å². The van der Waals surface area contributed by atoms with Gasteiger partial charge in [0, 0.05) is 11.4 Å². The highest BCUT2D eigenvalue weighted by atomic mass is 16.1. The number of nitrogens with zero attached hydrogens (tertiary/aromatic N) is 1. The van der Waals surface area contributed by atoms with Gasteiger partial charge in [-0.3, -0.25) is 4.79 Å². The molecule has 0 fully saturated rings. The van der Waals surface area contributed by atoms with Gasteiger partial charge in [0.25, 0.3) is 0 Å². The van der Waals surface area contributed by atoms with Crippen LogP contribution in [0.25, 0.3) is 0 Å². The van der Waals surface area contributed by atoms with E-state index in [9.17, 15) is 4.79 Å². The molecule has 0 heterocycles. The van der Waals surface area contributed by atoms with E-state index < -0.39 is 0 Å². The highest BCUT2D eigenvalue weighted by Gasteiger charge is 2.08. The van der Waals surface area contributed by atoms with E-state index in [4.69, 9.17) is 5.26 Å². The summed E-state index contributed by atoms with van der Waals surface area (Å²) in [5, 5.41) is 15.0. The van der Waals surface area contributed by atoms with Crippen LogP contribution in [0.2, 0.25) is 0 Å². The van der Waals surface area contributed by atoms with Gasteiger partial charge in [0.2, 0.25) is 5.91 Å². The summed E-state index contributed by atoms with van der Waals surface area (Å²) in [7, 11) is 0. The van der Waals surface area contributed by atoms with Crippen molar-refractivity contribution in [1.29, 1.82) is 5.26 Å². The number of hydrogen-bond acceptors (Lipinski definition) is 3. The van der Waals surface area contributed by atoms with Crippen LogP contribution >= 0.6 is 0 Å². The molecule has 0 spiro atoms. The molecule has 0 atom stereocenters. The summed E-state index contributed by atoms with van der Waals surface area (Å²) in [6.07, 6.45) is 1.84. The van der Waals surface area contributed by atoms with Gasteiger partial charge in [0.15, 0.2) is 0 Å². The van der Waals surface area contributed by atoms with E-state index in [2.05, 4.69) is 48.7 Å². The van der Waals surface area contributed by atoms with Crippen LogP contribution in [0.4, 0.5) is 11.4 Å². The maximum absolute atomic E-state index is 12.1. The van der Waals surface area contributed by atoms with Crippen LogP contribution in [0.3, 0.4) is 0 Å². The molecule has 0 unspecified atom stereocenters. The van der Waals surface area contributed by atoms with Gasteiger partial charge in [0.05, 0.1) is 18.2 Å². The lowest BCUT2D eigenvalue weighted by Gasteiger charge is -2.15. The molecular formula is C19H21N3O. The van der Waals surface area contributed by atoms with Crippen molar-refractivity contribution in [1.82, 2.24) is 0 Å². The number of nitrogens with one attached hydrogen (secondary N) is 2. The summed E-state index contributed by atoms with van der Waals surface area (Å²) in [6, 6.07) is 15.2. The van der Waals surface area contributed by atoms with Crippen LogP contribution in [-0.4, -0.2) is 12.5 Å². The van der Waals surface area contributed by atoms with Gasteiger partial charge in [-0.1, -0.05) is 38.1 Å². The Kier molecular flexibility index (Phi) is 5.76. The third-order valence-electron chi connectivity index (χ3n) is 3.70. The van der Waals surface area contributed by atoms with Crippen molar-refractivity contribution in [2.24, 2.45) is 0 Å². The number of aryl methyl sites for hydroxylation is 2. The first kappa shape index (κ1) is 16.6. The van der Waals surface area contributed by atoms with E-state index in [1.807, 2.05) is 0 Å². The highest BCUT2D eigenvalue weighted by molar-refractivity contribution is 5.94. The van der Waals surface area contributed by atoms with Crippen LogP contribution in [-0.2, 0) is 17.6 Å². The molecule has 2 aromatic rings. The van der Waals surface area contributed by atoms with Crippen LogP contribution in [0.15, 0.2) is 42.5 Å². The number of hydrogen-bond donors (Lipinski definition) is 2. The summed E-state index contributed by atoms with van der Waals surface area (Å²) < 4.78 is 0. The number of carbonyl (C=O) groups excluding carboxylic acids is 1. The number of rotatable bonds is 6. The average Bonchev–Trinajstić information content (AvgIpc) is 2.59. The lowest BCUT2D eigenvalue weighted by atomic mass is 10.0. The lowest BCUT2D eigenvalue weighted by molar-refractivity contribution is -0.114. The molecule has 0 saturated carbocycles. The van der Waals surface area contributed by atoms with Crippen LogP contribution in [0.1, 0.15) is 30.5 Å². The second-order valence-electron chi connectivity index (χ2n) is 5.25. The Morgan fingerprint density at radius 3 is 2.35 bits per heavy atom. The molecule has 0 bridgehead atoms. The smallest absolute Gasteiger partial charge is 0.243 e. The predicted molar refractivity (Wildman–Crippen MR) is 93.5 cm³/mol. The molecule has 0 radical (unpaired) electrons. The fourth-order valence-electron chi connectivity index (χ4n) is 2.51. The zero-order valence-corrected chi connectivity index (χ0v) is 13.5. The Balaban J connectivity index is 2.03. The average molecular weight is 307 g/mol. The minimum Gasteiger partial charge on any atom is -0.376 e. The number of amides is 1. The summed E-state index contributed by atoms with van der Waals surface area (Å²) in [6.45, 7) is 4.40. The van der Waals surface area contributed by atoms with E-state index in [1.165, 1.54) is 11.1 Å². The predicted octanol–water partition coefficient (Wildman–Crippen LogP) is 3.73. The quantitative estimate of drug-likeness (QED) is 0.854.